The van der Waals surface area contributed by atoms with E-state index in [1.165, 1.54) is 6.07 Å². The van der Waals surface area contributed by atoms with Gasteiger partial charge < -0.3 is 21.1 Å². The van der Waals surface area contributed by atoms with Crippen molar-refractivity contribution in [3.8, 4) is 5.75 Å². The van der Waals surface area contributed by atoms with Crippen LogP contribution in [0, 0.1) is 5.92 Å². The van der Waals surface area contributed by atoms with E-state index in [9.17, 15) is 13.2 Å². The molecule has 1 saturated heterocycles. The molecule has 1 aromatic rings. The molecule has 3 rings (SSSR count). The summed E-state index contributed by atoms with van der Waals surface area (Å²) in [5.41, 5.74) is 11.6. The summed E-state index contributed by atoms with van der Waals surface area (Å²) in [6.07, 6.45) is 5.41. The summed E-state index contributed by atoms with van der Waals surface area (Å²) in [7, 11) is -3.88. The molecule has 10 heteroatoms. The van der Waals surface area contributed by atoms with Crippen LogP contribution in [0.3, 0.4) is 0 Å². The molecule has 9 nitrogen and oxygen atoms in total. The molecule has 1 atom stereocenters. The number of aryl methyl sites for hydroxylation is 1. The van der Waals surface area contributed by atoms with Crippen LogP contribution in [0.1, 0.15) is 51.0 Å². The molecule has 32 heavy (non-hydrogen) atoms. The Kier molecular flexibility index (Phi) is 8.36. The van der Waals surface area contributed by atoms with Gasteiger partial charge in [0.05, 0.1) is 11.5 Å². The molecule has 5 N–H and O–H groups in total. The van der Waals surface area contributed by atoms with E-state index in [2.05, 4.69) is 16.6 Å². The van der Waals surface area contributed by atoms with Crippen LogP contribution in [0.5, 0.6) is 5.75 Å². The number of hydrogen-bond acceptors (Lipinski definition) is 5. The number of carbonyl (C=O) groups excluding carboxylic acids is 1. The summed E-state index contributed by atoms with van der Waals surface area (Å²) in [6.45, 7) is 4.44. The number of ether oxygens (including phenoxy) is 1. The number of rotatable bonds is 9. The summed E-state index contributed by atoms with van der Waals surface area (Å²) < 4.78 is 34.6. The monoisotopic (exact) mass is 465 g/mol. The fraction of sp³-hybridized carbons (Fsp3) is 0.636. The number of nitrogens with two attached hydrogens (primary N) is 2. The number of fused-ring (bicyclic) bond motifs is 1. The number of sulfonamides is 1. The number of piperidine rings is 1. The molecule has 2 heterocycles. The first-order valence-electron chi connectivity index (χ1n) is 11.4. The molecule has 0 aliphatic carbocycles. The normalized spacial score (nSPS) is 17.8. The van der Waals surface area contributed by atoms with Crippen molar-refractivity contribution in [2.24, 2.45) is 22.4 Å². The van der Waals surface area contributed by atoms with Crippen LogP contribution in [-0.4, -0.2) is 57.5 Å². The average molecular weight is 466 g/mol. The smallest absolute Gasteiger partial charge is 0.241 e. The van der Waals surface area contributed by atoms with E-state index >= 15 is 0 Å². The first kappa shape index (κ1) is 24.3. The molecule has 2 aliphatic rings. The second-order valence-corrected chi connectivity index (χ2v) is 10.2. The van der Waals surface area contributed by atoms with Crippen LogP contribution in [0.4, 0.5) is 0 Å². The standard InChI is InChI=1S/C22H35N5O4S/c1-2-16-9-12-27(13-10-16)21(28)19(6-3-11-25-22(23)24)26-32(29,30)18-7-8-20-17(15-18)5-4-14-31-20/h7-8,15-16,19,26H,2-6,9-14H2,1H3,(H4,23,24,25). The Balaban J connectivity index is 1.74. The van der Waals surface area contributed by atoms with Crippen molar-refractivity contribution < 1.29 is 17.9 Å². The highest BCUT2D eigenvalue weighted by Crippen LogP contribution is 2.27. The van der Waals surface area contributed by atoms with Gasteiger partial charge in [-0.2, -0.15) is 4.72 Å². The molecule has 1 amide bonds. The lowest BCUT2D eigenvalue weighted by molar-refractivity contribution is -0.134. The number of nitrogens with one attached hydrogen (secondary N) is 1. The third-order valence-corrected chi connectivity index (χ3v) is 7.70. The first-order valence-corrected chi connectivity index (χ1v) is 12.9. The van der Waals surface area contributed by atoms with Crippen LogP contribution in [0.25, 0.3) is 0 Å². The molecular formula is C22H35N5O4S. The molecule has 0 spiro atoms. The second-order valence-electron chi connectivity index (χ2n) is 8.52. The maximum absolute atomic E-state index is 13.3. The summed E-state index contributed by atoms with van der Waals surface area (Å²) >= 11 is 0. The molecule has 2 aliphatic heterocycles. The van der Waals surface area contributed by atoms with Crippen molar-refractivity contribution in [3.05, 3.63) is 23.8 Å². The lowest BCUT2D eigenvalue weighted by Crippen LogP contribution is -2.50. The average Bonchev–Trinajstić information content (AvgIpc) is 2.80. The fourth-order valence-electron chi connectivity index (χ4n) is 4.28. The number of benzene rings is 1. The highest BCUT2D eigenvalue weighted by molar-refractivity contribution is 7.89. The fourth-order valence-corrected chi connectivity index (χ4v) is 5.55. The van der Waals surface area contributed by atoms with Gasteiger partial charge >= 0.3 is 0 Å². The summed E-state index contributed by atoms with van der Waals surface area (Å²) in [4.78, 5) is 19.1. The highest BCUT2D eigenvalue weighted by Gasteiger charge is 2.31. The van der Waals surface area contributed by atoms with E-state index in [1.54, 1.807) is 17.0 Å². The topological polar surface area (TPSA) is 140 Å². The van der Waals surface area contributed by atoms with E-state index in [-0.39, 0.29) is 16.8 Å². The SMILES string of the molecule is CCC1CCN(C(=O)C(CCCN=C(N)N)NS(=O)(=O)c2ccc3c(c2)CCCO3)CC1. The zero-order chi connectivity index (χ0) is 23.1. The van der Waals surface area contributed by atoms with Crippen LogP contribution >= 0.6 is 0 Å². The number of amides is 1. The van der Waals surface area contributed by atoms with Gasteiger partial charge in [0.2, 0.25) is 15.9 Å². The lowest BCUT2D eigenvalue weighted by Gasteiger charge is -2.34. The van der Waals surface area contributed by atoms with E-state index in [4.69, 9.17) is 16.2 Å². The van der Waals surface area contributed by atoms with E-state index in [0.717, 1.165) is 43.4 Å². The summed E-state index contributed by atoms with van der Waals surface area (Å²) in [5.74, 6) is 1.13. The van der Waals surface area contributed by atoms with Gasteiger partial charge in [0.1, 0.15) is 11.8 Å². The quantitative estimate of drug-likeness (QED) is 0.286. The Morgan fingerprint density at radius 2 is 2.06 bits per heavy atom. The first-order chi connectivity index (χ1) is 15.3. The third-order valence-electron chi connectivity index (χ3n) is 6.23. The van der Waals surface area contributed by atoms with Gasteiger partial charge in [-0.05, 0) is 68.2 Å². The second kappa shape index (κ2) is 11.0. The third kappa shape index (κ3) is 6.35. The van der Waals surface area contributed by atoms with Gasteiger partial charge in [-0.3, -0.25) is 9.79 Å². The van der Waals surface area contributed by atoms with Crippen LogP contribution in [0.15, 0.2) is 28.1 Å². The largest absolute Gasteiger partial charge is 0.493 e. The van der Waals surface area contributed by atoms with E-state index in [1.807, 2.05) is 0 Å². The number of guanidine groups is 1. The zero-order valence-electron chi connectivity index (χ0n) is 18.8. The minimum Gasteiger partial charge on any atom is -0.493 e. The summed E-state index contributed by atoms with van der Waals surface area (Å²) in [5, 5.41) is 0. The predicted octanol–water partition coefficient (Wildman–Crippen LogP) is 1.36. The summed E-state index contributed by atoms with van der Waals surface area (Å²) in [6, 6.07) is 4.00. The lowest BCUT2D eigenvalue weighted by atomic mass is 9.94. The zero-order valence-corrected chi connectivity index (χ0v) is 19.6. The van der Waals surface area contributed by atoms with Gasteiger partial charge in [0.15, 0.2) is 5.96 Å². The molecule has 0 bridgehead atoms. The minimum atomic E-state index is -3.88. The maximum atomic E-state index is 13.3. The van der Waals surface area contributed by atoms with Crippen molar-refractivity contribution in [1.82, 2.24) is 9.62 Å². The Morgan fingerprint density at radius 1 is 1.31 bits per heavy atom. The number of hydrogen-bond donors (Lipinski definition) is 3. The van der Waals surface area contributed by atoms with Crippen LogP contribution in [-0.2, 0) is 21.2 Å². The number of likely N-dealkylation sites (tertiary alicyclic amines) is 1. The van der Waals surface area contributed by atoms with Crippen LogP contribution < -0.4 is 20.9 Å². The number of aliphatic imine (C=N–C) groups is 1. The highest BCUT2D eigenvalue weighted by atomic mass is 32.2. The van der Waals surface area contributed by atoms with Crippen molar-refractivity contribution in [2.75, 3.05) is 26.2 Å². The van der Waals surface area contributed by atoms with Gasteiger partial charge in [-0.15, -0.1) is 0 Å². The Bertz CT molecular complexity index is 922. The van der Waals surface area contributed by atoms with Crippen molar-refractivity contribution in [3.63, 3.8) is 0 Å². The molecule has 0 saturated carbocycles. The molecule has 0 aromatic heterocycles. The van der Waals surface area contributed by atoms with Gasteiger partial charge in [-0.1, -0.05) is 13.3 Å². The Morgan fingerprint density at radius 3 is 2.75 bits per heavy atom. The van der Waals surface area contributed by atoms with Gasteiger partial charge in [0.25, 0.3) is 0 Å². The van der Waals surface area contributed by atoms with E-state index in [0.29, 0.717) is 45.0 Å². The molecule has 1 aromatic carbocycles. The molecule has 0 radical (unpaired) electrons. The minimum absolute atomic E-state index is 0.0219. The number of carbonyl (C=O) groups is 1. The van der Waals surface area contributed by atoms with Gasteiger partial charge in [-0.25, -0.2) is 8.42 Å². The Hall–Kier alpha value is -2.33. The molecule has 1 fully saturated rings. The van der Waals surface area contributed by atoms with Crippen molar-refractivity contribution in [1.29, 1.82) is 0 Å². The number of nitrogens with zero attached hydrogens (tertiary/aromatic N) is 2. The van der Waals surface area contributed by atoms with Gasteiger partial charge in [0, 0.05) is 19.6 Å². The van der Waals surface area contributed by atoms with E-state index < -0.39 is 16.1 Å². The molecule has 1 unspecified atom stereocenters. The molecule has 178 valence electrons. The van der Waals surface area contributed by atoms with Crippen molar-refractivity contribution in [2.45, 2.75) is 62.8 Å². The van der Waals surface area contributed by atoms with Crippen LogP contribution in [0.2, 0.25) is 0 Å². The Labute approximate surface area is 190 Å². The van der Waals surface area contributed by atoms with Crippen molar-refractivity contribution >= 4 is 21.9 Å². The predicted molar refractivity (Wildman–Crippen MR) is 124 cm³/mol. The molecular weight excluding hydrogens is 430 g/mol. The maximum Gasteiger partial charge on any atom is 0.241 e.